The molecule has 0 saturated heterocycles. The van der Waals surface area contributed by atoms with E-state index in [0.29, 0.717) is 23.4 Å². The molecule has 0 amide bonds. The summed E-state index contributed by atoms with van der Waals surface area (Å²) in [6.07, 6.45) is 0. The number of hydrogen-bond donors (Lipinski definition) is 0. The summed E-state index contributed by atoms with van der Waals surface area (Å²) in [5.74, 6) is 2.36. The molecule has 0 N–H and O–H groups in total. The van der Waals surface area contributed by atoms with Gasteiger partial charge in [-0.3, -0.25) is 0 Å². The maximum absolute atomic E-state index is 6.24. The normalized spacial score (nSPS) is 11.5. The Bertz CT molecular complexity index is 2900. The number of oxazole rings is 1. The Morgan fingerprint density at radius 3 is 1.71 bits per heavy atom. The molecule has 0 bridgehead atoms. The van der Waals surface area contributed by atoms with Crippen molar-refractivity contribution < 1.29 is 8.83 Å². The second-order valence-corrected chi connectivity index (χ2v) is 12.6. The third-order valence-corrected chi connectivity index (χ3v) is 9.40. The Kier molecular flexibility index (Phi) is 7.03. The summed E-state index contributed by atoms with van der Waals surface area (Å²) in [7, 11) is 0. The Morgan fingerprint density at radius 1 is 0.308 bits per heavy atom. The van der Waals surface area contributed by atoms with Gasteiger partial charge in [-0.15, -0.1) is 0 Å². The van der Waals surface area contributed by atoms with Crippen molar-refractivity contribution in [1.82, 2.24) is 19.9 Å². The van der Waals surface area contributed by atoms with Crippen molar-refractivity contribution in [2.75, 3.05) is 0 Å². The number of para-hydroxylation sites is 2. The van der Waals surface area contributed by atoms with Crippen LogP contribution in [0.15, 0.2) is 179 Å². The minimum absolute atomic E-state index is 0.581. The molecule has 52 heavy (non-hydrogen) atoms. The summed E-state index contributed by atoms with van der Waals surface area (Å²) in [5, 5.41) is 2.07. The third-order valence-electron chi connectivity index (χ3n) is 9.40. The fraction of sp³-hybridized carbons (Fsp3) is 0. The van der Waals surface area contributed by atoms with E-state index >= 15 is 0 Å². The van der Waals surface area contributed by atoms with Crippen molar-refractivity contribution in [3.8, 4) is 67.9 Å². The number of aromatic nitrogens is 4. The van der Waals surface area contributed by atoms with Gasteiger partial charge in [0.1, 0.15) is 16.7 Å². The van der Waals surface area contributed by atoms with Crippen molar-refractivity contribution in [1.29, 1.82) is 0 Å². The standard InChI is InChI=1S/C46H28N4O2/c1-4-13-29(14-5-1)37-27-32(34-20-12-22-41-42(34)47-46(52-41)31-17-8-3-9-18-31)23-25-36(37)45-49-43(30-15-6-2-7-16-30)48-44(50-45)33-24-26-40-38(28-33)35-19-10-11-21-39(35)51-40/h1-28H. The summed E-state index contributed by atoms with van der Waals surface area (Å²) >= 11 is 0. The van der Waals surface area contributed by atoms with Crippen molar-refractivity contribution in [3.05, 3.63) is 170 Å². The van der Waals surface area contributed by atoms with E-state index in [9.17, 15) is 0 Å². The lowest BCUT2D eigenvalue weighted by Gasteiger charge is -2.14. The first kappa shape index (κ1) is 29.7. The summed E-state index contributed by atoms with van der Waals surface area (Å²) in [6, 6.07) is 57.1. The molecule has 6 heteroatoms. The topological polar surface area (TPSA) is 77.8 Å². The molecule has 3 heterocycles. The van der Waals surface area contributed by atoms with E-state index in [2.05, 4.69) is 60.7 Å². The molecule has 0 unspecified atom stereocenters. The number of furan rings is 1. The van der Waals surface area contributed by atoms with E-state index in [1.807, 2.05) is 109 Å². The molecule has 0 spiro atoms. The summed E-state index contributed by atoms with van der Waals surface area (Å²) in [6.45, 7) is 0. The number of nitrogens with zero attached hydrogens (tertiary/aromatic N) is 4. The Labute approximate surface area is 298 Å². The van der Waals surface area contributed by atoms with Gasteiger partial charge in [0.05, 0.1) is 0 Å². The Hall–Kier alpha value is -7.18. The zero-order chi connectivity index (χ0) is 34.4. The van der Waals surface area contributed by atoms with Crippen molar-refractivity contribution >= 4 is 33.0 Å². The molecule has 0 saturated carbocycles. The van der Waals surface area contributed by atoms with Crippen LogP contribution in [-0.4, -0.2) is 19.9 Å². The van der Waals surface area contributed by atoms with Gasteiger partial charge in [0.15, 0.2) is 23.1 Å². The fourth-order valence-electron chi connectivity index (χ4n) is 6.86. The lowest BCUT2D eigenvalue weighted by atomic mass is 9.93. The average molecular weight is 669 g/mol. The van der Waals surface area contributed by atoms with E-state index in [4.69, 9.17) is 28.8 Å². The number of hydrogen-bond acceptors (Lipinski definition) is 6. The highest BCUT2D eigenvalue weighted by atomic mass is 16.3. The number of benzene rings is 7. The van der Waals surface area contributed by atoms with Crippen LogP contribution < -0.4 is 0 Å². The van der Waals surface area contributed by atoms with Crippen LogP contribution in [0.5, 0.6) is 0 Å². The SMILES string of the molecule is c1ccc(-c2nc(-c3ccc4oc5ccccc5c4c3)nc(-c3ccc(-c4cccc5oc(-c6ccccc6)nc45)cc3-c3ccccc3)n2)cc1. The van der Waals surface area contributed by atoms with Gasteiger partial charge in [-0.05, 0) is 71.3 Å². The molecule has 7 aromatic carbocycles. The molecule has 6 nitrogen and oxygen atoms in total. The smallest absolute Gasteiger partial charge is 0.227 e. The van der Waals surface area contributed by atoms with E-state index in [0.717, 1.165) is 77.5 Å². The molecular formula is C46H28N4O2. The molecule has 0 fully saturated rings. The fourth-order valence-corrected chi connectivity index (χ4v) is 6.86. The van der Waals surface area contributed by atoms with Crippen LogP contribution in [0.2, 0.25) is 0 Å². The number of fused-ring (bicyclic) bond motifs is 4. The Morgan fingerprint density at radius 2 is 0.923 bits per heavy atom. The third kappa shape index (κ3) is 5.22. The molecular weight excluding hydrogens is 641 g/mol. The van der Waals surface area contributed by atoms with E-state index in [1.54, 1.807) is 0 Å². The monoisotopic (exact) mass is 668 g/mol. The van der Waals surface area contributed by atoms with Crippen molar-refractivity contribution in [2.24, 2.45) is 0 Å². The van der Waals surface area contributed by atoms with Gasteiger partial charge < -0.3 is 8.83 Å². The first-order valence-corrected chi connectivity index (χ1v) is 17.1. The van der Waals surface area contributed by atoms with Gasteiger partial charge in [-0.25, -0.2) is 19.9 Å². The molecule has 0 radical (unpaired) electrons. The first-order chi connectivity index (χ1) is 25.7. The van der Waals surface area contributed by atoms with E-state index < -0.39 is 0 Å². The largest absolute Gasteiger partial charge is 0.456 e. The Balaban J connectivity index is 1.16. The summed E-state index contributed by atoms with van der Waals surface area (Å²) in [4.78, 5) is 20.3. The van der Waals surface area contributed by atoms with E-state index in [1.165, 1.54) is 0 Å². The predicted molar refractivity (Wildman–Crippen MR) is 207 cm³/mol. The molecule has 10 rings (SSSR count). The van der Waals surface area contributed by atoms with Crippen LogP contribution in [0.25, 0.3) is 101 Å². The van der Waals surface area contributed by atoms with Gasteiger partial charge in [0.2, 0.25) is 5.89 Å². The highest BCUT2D eigenvalue weighted by Crippen LogP contribution is 2.39. The van der Waals surface area contributed by atoms with Crippen LogP contribution in [0, 0.1) is 0 Å². The molecule has 10 aromatic rings. The predicted octanol–water partition coefficient (Wildman–Crippen LogP) is 11.9. The zero-order valence-electron chi connectivity index (χ0n) is 27.8. The lowest BCUT2D eigenvalue weighted by molar-refractivity contribution is 0.620. The minimum atomic E-state index is 0.581. The van der Waals surface area contributed by atoms with Crippen molar-refractivity contribution in [2.45, 2.75) is 0 Å². The molecule has 0 aliphatic carbocycles. The van der Waals surface area contributed by atoms with Gasteiger partial charge in [0.25, 0.3) is 0 Å². The maximum Gasteiger partial charge on any atom is 0.227 e. The van der Waals surface area contributed by atoms with Crippen molar-refractivity contribution in [3.63, 3.8) is 0 Å². The molecule has 3 aromatic heterocycles. The second kappa shape index (κ2) is 12.3. The summed E-state index contributed by atoms with van der Waals surface area (Å²) in [5.41, 5.74) is 10.9. The van der Waals surface area contributed by atoms with Gasteiger partial charge in [0, 0.05) is 38.6 Å². The van der Waals surface area contributed by atoms with E-state index in [-0.39, 0.29) is 0 Å². The molecule has 244 valence electrons. The lowest BCUT2D eigenvalue weighted by Crippen LogP contribution is -2.01. The average Bonchev–Trinajstić information content (AvgIpc) is 3.83. The van der Waals surface area contributed by atoms with Gasteiger partial charge >= 0.3 is 0 Å². The zero-order valence-corrected chi connectivity index (χ0v) is 27.8. The highest BCUT2D eigenvalue weighted by molar-refractivity contribution is 6.06. The van der Waals surface area contributed by atoms with Gasteiger partial charge in [-0.1, -0.05) is 115 Å². The van der Waals surface area contributed by atoms with Crippen LogP contribution in [-0.2, 0) is 0 Å². The van der Waals surface area contributed by atoms with Crippen LogP contribution >= 0.6 is 0 Å². The highest BCUT2D eigenvalue weighted by Gasteiger charge is 2.19. The maximum atomic E-state index is 6.24. The van der Waals surface area contributed by atoms with Crippen LogP contribution in [0.1, 0.15) is 0 Å². The van der Waals surface area contributed by atoms with Crippen LogP contribution in [0.4, 0.5) is 0 Å². The molecule has 0 aliphatic rings. The van der Waals surface area contributed by atoms with Gasteiger partial charge in [-0.2, -0.15) is 0 Å². The molecule has 0 atom stereocenters. The quantitative estimate of drug-likeness (QED) is 0.175. The van der Waals surface area contributed by atoms with Crippen LogP contribution in [0.3, 0.4) is 0 Å². The number of rotatable bonds is 6. The molecule has 0 aliphatic heterocycles. The minimum Gasteiger partial charge on any atom is -0.456 e. The first-order valence-electron chi connectivity index (χ1n) is 17.1. The summed E-state index contributed by atoms with van der Waals surface area (Å²) < 4.78 is 12.4. The second-order valence-electron chi connectivity index (χ2n) is 12.6.